The van der Waals surface area contributed by atoms with E-state index in [0.717, 1.165) is 26.1 Å². The molecule has 0 radical (unpaired) electrons. The Hall–Kier alpha value is -0.120. The Balaban J connectivity index is 3.27. The summed E-state index contributed by atoms with van der Waals surface area (Å²) in [5.74, 6) is 0.706. The molecular weight excluding hydrogens is 202 g/mol. The van der Waals surface area contributed by atoms with Gasteiger partial charge in [0.1, 0.15) is 0 Å². The molecule has 0 heterocycles. The van der Waals surface area contributed by atoms with Crippen LogP contribution < -0.4 is 5.32 Å². The van der Waals surface area contributed by atoms with Gasteiger partial charge in [0.25, 0.3) is 0 Å². The molecule has 0 aromatic heterocycles. The van der Waals surface area contributed by atoms with E-state index in [1.165, 1.54) is 0 Å². The van der Waals surface area contributed by atoms with Crippen LogP contribution >= 0.6 is 0 Å². The zero-order chi connectivity index (χ0) is 12.4. The maximum Gasteiger partial charge on any atom is 0.0700 e. The number of methoxy groups -OCH3 is 1. The van der Waals surface area contributed by atoms with E-state index in [1.54, 1.807) is 7.11 Å². The van der Waals surface area contributed by atoms with Gasteiger partial charge in [-0.05, 0) is 24.3 Å². The molecule has 0 fully saturated rings. The second-order valence-electron chi connectivity index (χ2n) is 5.28. The second-order valence-corrected chi connectivity index (χ2v) is 5.28. The normalized spacial score (nSPS) is 12.4. The first-order valence-corrected chi connectivity index (χ1v) is 6.28. The first-order chi connectivity index (χ1) is 7.50. The molecule has 0 saturated heterocycles. The summed E-state index contributed by atoms with van der Waals surface area (Å²) < 4.78 is 10.3. The fraction of sp³-hybridized carbons (Fsp3) is 1.00. The lowest BCUT2D eigenvalue weighted by atomic mass is 9.81. The van der Waals surface area contributed by atoms with Crippen LogP contribution in [-0.2, 0) is 9.47 Å². The van der Waals surface area contributed by atoms with E-state index in [1.807, 2.05) is 0 Å². The predicted molar refractivity (Wildman–Crippen MR) is 68.8 cm³/mol. The fourth-order valence-corrected chi connectivity index (χ4v) is 1.16. The summed E-state index contributed by atoms with van der Waals surface area (Å²) in [5, 5.41) is 3.49. The molecule has 0 aliphatic heterocycles. The van der Waals surface area contributed by atoms with Gasteiger partial charge in [-0.25, -0.2) is 0 Å². The van der Waals surface area contributed by atoms with Gasteiger partial charge in [-0.3, -0.25) is 0 Å². The van der Waals surface area contributed by atoms with Crippen LogP contribution in [0.25, 0.3) is 0 Å². The van der Waals surface area contributed by atoms with Crippen molar-refractivity contribution in [3.05, 3.63) is 0 Å². The number of nitrogens with one attached hydrogen (secondary N) is 1. The number of hydrogen-bond acceptors (Lipinski definition) is 3. The SMILES string of the molecule is COCCOCCCNCC(C)(C)C(C)C. The zero-order valence-corrected chi connectivity index (χ0v) is 11.6. The van der Waals surface area contributed by atoms with Crippen LogP contribution in [0.3, 0.4) is 0 Å². The zero-order valence-electron chi connectivity index (χ0n) is 11.6. The first-order valence-electron chi connectivity index (χ1n) is 6.28. The average molecular weight is 231 g/mol. The minimum Gasteiger partial charge on any atom is -0.382 e. The fourth-order valence-electron chi connectivity index (χ4n) is 1.16. The molecular formula is C13H29NO2. The first kappa shape index (κ1) is 15.9. The van der Waals surface area contributed by atoms with Crippen LogP contribution in [0.15, 0.2) is 0 Å². The van der Waals surface area contributed by atoms with Crippen molar-refractivity contribution in [2.24, 2.45) is 11.3 Å². The molecule has 0 aliphatic carbocycles. The van der Waals surface area contributed by atoms with Gasteiger partial charge in [0, 0.05) is 20.3 Å². The van der Waals surface area contributed by atoms with Gasteiger partial charge in [0.15, 0.2) is 0 Å². The third-order valence-electron chi connectivity index (χ3n) is 3.22. The molecule has 16 heavy (non-hydrogen) atoms. The Labute approximate surface area is 101 Å². The van der Waals surface area contributed by atoms with Crippen molar-refractivity contribution < 1.29 is 9.47 Å². The van der Waals surface area contributed by atoms with E-state index in [-0.39, 0.29) is 0 Å². The minimum absolute atomic E-state index is 0.372. The molecule has 0 aromatic carbocycles. The molecule has 0 atom stereocenters. The summed E-state index contributed by atoms with van der Waals surface area (Å²) in [7, 11) is 1.69. The Morgan fingerprint density at radius 2 is 1.81 bits per heavy atom. The average Bonchev–Trinajstić information content (AvgIpc) is 2.21. The highest BCUT2D eigenvalue weighted by molar-refractivity contribution is 4.74. The maximum atomic E-state index is 5.39. The van der Waals surface area contributed by atoms with Crippen LogP contribution in [0.1, 0.15) is 34.1 Å². The molecule has 0 rings (SSSR count). The molecule has 0 bridgehead atoms. The van der Waals surface area contributed by atoms with E-state index < -0.39 is 0 Å². The van der Waals surface area contributed by atoms with Crippen LogP contribution in [0.5, 0.6) is 0 Å². The van der Waals surface area contributed by atoms with Crippen LogP contribution in [0, 0.1) is 11.3 Å². The largest absolute Gasteiger partial charge is 0.382 e. The highest BCUT2D eigenvalue weighted by Gasteiger charge is 2.21. The lowest BCUT2D eigenvalue weighted by Crippen LogP contribution is -2.34. The van der Waals surface area contributed by atoms with Gasteiger partial charge in [0.2, 0.25) is 0 Å². The second kappa shape index (κ2) is 8.97. The van der Waals surface area contributed by atoms with Gasteiger partial charge in [0.05, 0.1) is 13.2 Å². The molecule has 0 spiro atoms. The highest BCUT2D eigenvalue weighted by atomic mass is 16.5. The van der Waals surface area contributed by atoms with Crippen molar-refractivity contribution >= 4 is 0 Å². The molecule has 0 saturated carbocycles. The Morgan fingerprint density at radius 1 is 1.12 bits per heavy atom. The van der Waals surface area contributed by atoms with Gasteiger partial charge in [-0.15, -0.1) is 0 Å². The van der Waals surface area contributed by atoms with Gasteiger partial charge in [-0.1, -0.05) is 27.7 Å². The summed E-state index contributed by atoms with van der Waals surface area (Å²) in [5.41, 5.74) is 0.372. The smallest absolute Gasteiger partial charge is 0.0700 e. The summed E-state index contributed by atoms with van der Waals surface area (Å²) in [4.78, 5) is 0. The molecule has 0 aromatic rings. The number of hydrogen-bond donors (Lipinski definition) is 1. The van der Waals surface area contributed by atoms with E-state index >= 15 is 0 Å². The van der Waals surface area contributed by atoms with Crippen LogP contribution in [-0.4, -0.2) is 40.0 Å². The lowest BCUT2D eigenvalue weighted by Gasteiger charge is -2.29. The number of rotatable bonds is 10. The Kier molecular flexibility index (Phi) is 8.90. The quantitative estimate of drug-likeness (QED) is 0.585. The molecule has 98 valence electrons. The maximum absolute atomic E-state index is 5.39. The van der Waals surface area contributed by atoms with Crippen molar-refractivity contribution in [1.82, 2.24) is 5.32 Å². The molecule has 0 aliphatic rings. The van der Waals surface area contributed by atoms with Crippen molar-refractivity contribution in [1.29, 1.82) is 0 Å². The standard InChI is InChI=1S/C13H29NO2/c1-12(2)13(3,4)11-14-7-6-8-16-10-9-15-5/h12,14H,6-11H2,1-5H3. The van der Waals surface area contributed by atoms with Crippen molar-refractivity contribution in [3.8, 4) is 0 Å². The summed E-state index contributed by atoms with van der Waals surface area (Å²) in [6.07, 6.45) is 1.07. The molecule has 3 heteroatoms. The molecule has 0 unspecified atom stereocenters. The summed E-state index contributed by atoms with van der Waals surface area (Å²) in [6, 6.07) is 0. The van der Waals surface area contributed by atoms with Crippen LogP contribution in [0.4, 0.5) is 0 Å². The van der Waals surface area contributed by atoms with Gasteiger partial charge in [-0.2, -0.15) is 0 Å². The number of ether oxygens (including phenoxy) is 2. The van der Waals surface area contributed by atoms with Gasteiger partial charge < -0.3 is 14.8 Å². The van der Waals surface area contributed by atoms with Crippen molar-refractivity contribution in [2.75, 3.05) is 40.0 Å². The van der Waals surface area contributed by atoms with E-state index in [2.05, 4.69) is 33.0 Å². The van der Waals surface area contributed by atoms with E-state index in [0.29, 0.717) is 24.5 Å². The third-order valence-corrected chi connectivity index (χ3v) is 3.22. The van der Waals surface area contributed by atoms with Crippen molar-refractivity contribution in [2.45, 2.75) is 34.1 Å². The van der Waals surface area contributed by atoms with Crippen LogP contribution in [0.2, 0.25) is 0 Å². The summed E-state index contributed by atoms with van der Waals surface area (Å²) >= 11 is 0. The van der Waals surface area contributed by atoms with Crippen molar-refractivity contribution in [3.63, 3.8) is 0 Å². The van der Waals surface area contributed by atoms with E-state index in [9.17, 15) is 0 Å². The van der Waals surface area contributed by atoms with Gasteiger partial charge >= 0.3 is 0 Å². The molecule has 1 N–H and O–H groups in total. The summed E-state index contributed by atoms with van der Waals surface area (Å²) in [6.45, 7) is 13.5. The minimum atomic E-state index is 0.372. The molecule has 0 amide bonds. The highest BCUT2D eigenvalue weighted by Crippen LogP contribution is 2.24. The monoisotopic (exact) mass is 231 g/mol. The predicted octanol–water partition coefficient (Wildman–Crippen LogP) is 2.31. The lowest BCUT2D eigenvalue weighted by molar-refractivity contribution is 0.0691. The Bertz CT molecular complexity index is 158. The Morgan fingerprint density at radius 3 is 2.38 bits per heavy atom. The van der Waals surface area contributed by atoms with E-state index in [4.69, 9.17) is 9.47 Å². The topological polar surface area (TPSA) is 30.5 Å². The third kappa shape index (κ3) is 8.08. The molecule has 3 nitrogen and oxygen atoms in total.